The summed E-state index contributed by atoms with van der Waals surface area (Å²) in [5, 5.41) is 5.65. The predicted molar refractivity (Wildman–Crippen MR) is 111 cm³/mol. The number of nitrogens with one attached hydrogen (secondary N) is 2. The largest absolute Gasteiger partial charge is 0.390 e. The van der Waals surface area contributed by atoms with E-state index in [1.165, 1.54) is 0 Å². The van der Waals surface area contributed by atoms with Crippen molar-refractivity contribution in [3.8, 4) is 0 Å². The molecule has 0 aromatic heterocycles. The van der Waals surface area contributed by atoms with Crippen LogP contribution in [-0.2, 0) is 22.4 Å². The third kappa shape index (κ3) is 8.63. The highest BCUT2D eigenvalue weighted by molar-refractivity contribution is 6.42. The van der Waals surface area contributed by atoms with Gasteiger partial charge in [0.15, 0.2) is 0 Å². The molecular formula is C21H21Cl2F3N2O2. The monoisotopic (exact) mass is 460 g/mol. The lowest BCUT2D eigenvalue weighted by atomic mass is 10.0. The number of hydrogen-bond donors (Lipinski definition) is 2. The van der Waals surface area contributed by atoms with Gasteiger partial charge in [0.2, 0.25) is 11.8 Å². The van der Waals surface area contributed by atoms with Crippen LogP contribution in [0.5, 0.6) is 0 Å². The van der Waals surface area contributed by atoms with Crippen molar-refractivity contribution < 1.29 is 22.8 Å². The molecule has 0 fully saturated rings. The number of benzene rings is 2. The van der Waals surface area contributed by atoms with Crippen LogP contribution in [-0.4, -0.2) is 30.6 Å². The van der Waals surface area contributed by atoms with E-state index in [4.69, 9.17) is 23.2 Å². The molecule has 0 aliphatic heterocycles. The number of alkyl halides is 3. The maximum absolute atomic E-state index is 12.4. The van der Waals surface area contributed by atoms with E-state index in [0.29, 0.717) is 16.5 Å². The third-order valence-corrected chi connectivity index (χ3v) is 5.01. The second-order valence-corrected chi connectivity index (χ2v) is 7.53. The lowest BCUT2D eigenvalue weighted by Gasteiger charge is -2.19. The van der Waals surface area contributed by atoms with Gasteiger partial charge in [-0.05, 0) is 29.7 Å². The molecular weight excluding hydrogens is 440 g/mol. The zero-order valence-electron chi connectivity index (χ0n) is 15.9. The number of carbonyl (C=O) groups is 2. The summed E-state index contributed by atoms with van der Waals surface area (Å²) in [4.78, 5) is 24.8. The summed E-state index contributed by atoms with van der Waals surface area (Å²) >= 11 is 11.8. The Bertz CT molecular complexity index is 861. The average molecular weight is 461 g/mol. The summed E-state index contributed by atoms with van der Waals surface area (Å²) in [5.74, 6) is -1.06. The molecule has 1 atom stereocenters. The molecule has 2 aromatic rings. The van der Waals surface area contributed by atoms with E-state index < -0.39 is 37.0 Å². The molecule has 0 saturated heterocycles. The summed E-state index contributed by atoms with van der Waals surface area (Å²) < 4.78 is 37.0. The van der Waals surface area contributed by atoms with E-state index in [0.717, 1.165) is 11.1 Å². The highest BCUT2D eigenvalue weighted by atomic mass is 35.5. The summed E-state index contributed by atoms with van der Waals surface area (Å²) in [7, 11) is 0. The van der Waals surface area contributed by atoms with E-state index in [2.05, 4.69) is 10.6 Å². The van der Waals surface area contributed by atoms with Gasteiger partial charge in [-0.15, -0.1) is 0 Å². The molecule has 1 unspecified atom stereocenters. The van der Waals surface area contributed by atoms with Gasteiger partial charge in [0, 0.05) is 19.4 Å². The number of aryl methyl sites for hydroxylation is 1. The fraction of sp³-hybridized carbons (Fsp3) is 0.333. The maximum Gasteiger partial charge on any atom is 0.390 e. The summed E-state index contributed by atoms with van der Waals surface area (Å²) in [5.41, 5.74) is 1.58. The Morgan fingerprint density at radius 3 is 2.30 bits per heavy atom. The van der Waals surface area contributed by atoms with Gasteiger partial charge >= 0.3 is 6.18 Å². The minimum atomic E-state index is -4.37. The van der Waals surface area contributed by atoms with Crippen molar-refractivity contribution in [3.63, 3.8) is 0 Å². The minimum Gasteiger partial charge on any atom is -0.354 e. The van der Waals surface area contributed by atoms with Crippen LogP contribution in [0.25, 0.3) is 0 Å². The average Bonchev–Trinajstić information content (AvgIpc) is 2.68. The van der Waals surface area contributed by atoms with Crippen molar-refractivity contribution in [1.82, 2.24) is 10.6 Å². The van der Waals surface area contributed by atoms with Gasteiger partial charge in [0.1, 0.15) is 6.04 Å². The van der Waals surface area contributed by atoms with Gasteiger partial charge in [0.05, 0.1) is 16.5 Å². The molecule has 2 amide bonds. The third-order valence-electron chi connectivity index (χ3n) is 4.27. The normalized spacial score (nSPS) is 12.3. The van der Waals surface area contributed by atoms with Crippen LogP contribution in [0.1, 0.15) is 24.0 Å². The van der Waals surface area contributed by atoms with Crippen LogP contribution >= 0.6 is 23.2 Å². The number of carbonyl (C=O) groups excluding carboxylic acids is 2. The predicted octanol–water partition coefficient (Wildman–Crippen LogP) is 4.72. The highest BCUT2D eigenvalue weighted by Crippen LogP contribution is 2.23. The van der Waals surface area contributed by atoms with Crippen molar-refractivity contribution in [2.45, 2.75) is 37.9 Å². The van der Waals surface area contributed by atoms with Crippen molar-refractivity contribution in [2.75, 3.05) is 6.54 Å². The fourth-order valence-corrected chi connectivity index (χ4v) is 3.05. The summed E-state index contributed by atoms with van der Waals surface area (Å²) in [6.07, 6.45) is -4.89. The van der Waals surface area contributed by atoms with Crippen molar-refractivity contribution in [2.24, 2.45) is 0 Å². The van der Waals surface area contributed by atoms with E-state index in [1.807, 2.05) is 0 Å². The number of rotatable bonds is 9. The number of hydrogen-bond acceptors (Lipinski definition) is 2. The number of halogens is 5. The molecule has 162 valence electrons. The Hall–Kier alpha value is -2.25. The number of amides is 2. The Kier molecular flexibility index (Phi) is 8.99. The Labute approximate surface area is 182 Å². The molecule has 0 aliphatic carbocycles. The van der Waals surface area contributed by atoms with Gasteiger partial charge < -0.3 is 10.6 Å². The van der Waals surface area contributed by atoms with Crippen LogP contribution in [0.15, 0.2) is 48.5 Å². The van der Waals surface area contributed by atoms with Crippen LogP contribution in [0.2, 0.25) is 10.0 Å². The van der Waals surface area contributed by atoms with Crippen LogP contribution in [0, 0.1) is 0 Å². The van der Waals surface area contributed by atoms with Crippen LogP contribution < -0.4 is 10.6 Å². The first kappa shape index (κ1) is 24.0. The lowest BCUT2D eigenvalue weighted by molar-refractivity contribution is -0.137. The second kappa shape index (κ2) is 11.2. The quantitative estimate of drug-likeness (QED) is 0.568. The van der Waals surface area contributed by atoms with Gasteiger partial charge in [-0.3, -0.25) is 9.59 Å². The molecule has 0 saturated carbocycles. The Morgan fingerprint density at radius 1 is 0.967 bits per heavy atom. The van der Waals surface area contributed by atoms with E-state index in [9.17, 15) is 22.8 Å². The van der Waals surface area contributed by atoms with Gasteiger partial charge in [-0.25, -0.2) is 0 Å². The SMILES string of the molecule is O=C(CCc1ccc(Cl)c(Cl)c1)NC(Cc1ccccc1)C(=O)NCCC(F)(F)F. The van der Waals surface area contributed by atoms with Crippen LogP contribution in [0.4, 0.5) is 13.2 Å². The molecule has 0 bridgehead atoms. The zero-order chi connectivity index (χ0) is 22.1. The summed E-state index contributed by atoms with van der Waals surface area (Å²) in [6, 6.07) is 13.0. The second-order valence-electron chi connectivity index (χ2n) is 6.71. The topological polar surface area (TPSA) is 58.2 Å². The smallest absolute Gasteiger partial charge is 0.354 e. The molecule has 2 rings (SSSR count). The fourth-order valence-electron chi connectivity index (χ4n) is 2.73. The molecule has 2 N–H and O–H groups in total. The lowest BCUT2D eigenvalue weighted by Crippen LogP contribution is -2.48. The maximum atomic E-state index is 12.4. The molecule has 4 nitrogen and oxygen atoms in total. The van der Waals surface area contributed by atoms with E-state index in [1.54, 1.807) is 48.5 Å². The molecule has 2 aromatic carbocycles. The molecule has 0 aliphatic rings. The first-order valence-electron chi connectivity index (χ1n) is 9.26. The summed E-state index contributed by atoms with van der Waals surface area (Å²) in [6.45, 7) is -0.549. The van der Waals surface area contributed by atoms with Crippen molar-refractivity contribution in [1.29, 1.82) is 0 Å². The molecule has 0 heterocycles. The first-order valence-corrected chi connectivity index (χ1v) is 10.0. The molecule has 0 spiro atoms. The molecule has 0 radical (unpaired) electrons. The van der Waals surface area contributed by atoms with Gasteiger partial charge in [-0.1, -0.05) is 59.6 Å². The van der Waals surface area contributed by atoms with E-state index >= 15 is 0 Å². The Morgan fingerprint density at radius 2 is 1.67 bits per heavy atom. The minimum absolute atomic E-state index is 0.0824. The van der Waals surface area contributed by atoms with Crippen molar-refractivity contribution >= 4 is 35.0 Å². The Balaban J connectivity index is 1.97. The highest BCUT2D eigenvalue weighted by Gasteiger charge is 2.28. The van der Waals surface area contributed by atoms with E-state index in [-0.39, 0.29) is 12.8 Å². The van der Waals surface area contributed by atoms with Crippen molar-refractivity contribution in [3.05, 3.63) is 69.7 Å². The van der Waals surface area contributed by atoms with Gasteiger partial charge in [-0.2, -0.15) is 13.2 Å². The van der Waals surface area contributed by atoms with Crippen LogP contribution in [0.3, 0.4) is 0 Å². The zero-order valence-corrected chi connectivity index (χ0v) is 17.4. The first-order chi connectivity index (χ1) is 14.1. The molecule has 9 heteroatoms. The van der Waals surface area contributed by atoms with Gasteiger partial charge in [0.25, 0.3) is 0 Å². The molecule has 30 heavy (non-hydrogen) atoms. The standard InChI is InChI=1S/C21H21Cl2F3N2O2/c22-16-8-6-15(12-17(16)23)7-9-19(29)28-18(13-14-4-2-1-3-5-14)20(30)27-11-10-21(24,25)26/h1-6,8,12,18H,7,9-11,13H2,(H,27,30)(H,28,29).